The van der Waals surface area contributed by atoms with Crippen LogP contribution in [0.4, 0.5) is 0 Å². The average molecular weight is 304 g/mol. The van der Waals surface area contributed by atoms with Crippen LogP contribution >= 0.6 is 22.9 Å². The molecule has 0 aromatic carbocycles. The van der Waals surface area contributed by atoms with Gasteiger partial charge in [0.2, 0.25) is 15.4 Å². The smallest absolute Gasteiger partial charge is 0.284 e. The maximum absolute atomic E-state index is 12.2. The Labute approximate surface area is 119 Å². The molecule has 19 heavy (non-hydrogen) atoms. The molecule has 0 radical (unpaired) electrons. The molecule has 2 amide bonds. The molecule has 9 heteroatoms. The Morgan fingerprint density at radius 2 is 2.05 bits per heavy atom. The number of hydrogen-bond acceptors (Lipinski definition) is 6. The van der Waals surface area contributed by atoms with Crippen molar-refractivity contribution in [3.05, 3.63) is 9.47 Å². The number of nitrogens with zero attached hydrogens (tertiary/aromatic N) is 4. The van der Waals surface area contributed by atoms with E-state index in [1.54, 1.807) is 4.90 Å². The van der Waals surface area contributed by atoms with Crippen molar-refractivity contribution in [2.45, 2.75) is 6.42 Å². The number of nitrogens with two attached hydrogens (primary N) is 1. The van der Waals surface area contributed by atoms with E-state index in [0.29, 0.717) is 24.6 Å². The van der Waals surface area contributed by atoms with E-state index in [1.807, 2.05) is 4.90 Å². The summed E-state index contributed by atoms with van der Waals surface area (Å²) in [6.07, 6.45) is 0.797. The molecule has 104 valence electrons. The van der Waals surface area contributed by atoms with Crippen LogP contribution in [0.5, 0.6) is 0 Å². The molecular formula is C10H14ClN5O2S. The molecule has 0 bridgehead atoms. The first kappa shape index (κ1) is 14.2. The molecule has 1 aliphatic rings. The summed E-state index contributed by atoms with van der Waals surface area (Å²) in [7, 11) is 0. The van der Waals surface area contributed by atoms with Crippen LogP contribution in [0.25, 0.3) is 0 Å². The zero-order chi connectivity index (χ0) is 13.8. The van der Waals surface area contributed by atoms with Gasteiger partial charge >= 0.3 is 0 Å². The highest BCUT2D eigenvalue weighted by Gasteiger charge is 2.23. The molecule has 1 aliphatic heterocycles. The number of aromatic nitrogens is 2. The Hall–Kier alpha value is -1.25. The lowest BCUT2D eigenvalue weighted by Crippen LogP contribution is -2.38. The van der Waals surface area contributed by atoms with Gasteiger partial charge in [0.1, 0.15) is 0 Å². The fourth-order valence-corrected chi connectivity index (χ4v) is 2.78. The Morgan fingerprint density at radius 1 is 1.26 bits per heavy atom. The van der Waals surface area contributed by atoms with Crippen molar-refractivity contribution in [3.63, 3.8) is 0 Å². The van der Waals surface area contributed by atoms with Crippen molar-refractivity contribution in [2.24, 2.45) is 5.73 Å². The highest BCUT2D eigenvalue weighted by atomic mass is 35.5. The molecule has 2 rings (SSSR count). The molecule has 0 atom stereocenters. The van der Waals surface area contributed by atoms with Crippen LogP contribution in [0.1, 0.15) is 16.2 Å². The number of halogens is 1. The summed E-state index contributed by atoms with van der Waals surface area (Å²) in [5, 5.41) is 7.67. The first-order chi connectivity index (χ1) is 9.06. The molecule has 0 spiro atoms. The Balaban J connectivity index is 1.95. The third-order valence-electron chi connectivity index (χ3n) is 2.84. The summed E-state index contributed by atoms with van der Waals surface area (Å²) in [4.78, 5) is 26.7. The summed E-state index contributed by atoms with van der Waals surface area (Å²) >= 11 is 6.74. The standard InChI is InChI=1S/C10H14ClN5O2S/c11-10-14-13-8(19-10)9(18)16-3-1-2-15(4-5-16)6-7(12)17/h1-6H2,(H2,12,17). The minimum absolute atomic E-state index is 0.162. The third kappa shape index (κ3) is 3.85. The van der Waals surface area contributed by atoms with Gasteiger partial charge in [-0.25, -0.2) is 0 Å². The summed E-state index contributed by atoms with van der Waals surface area (Å²) < 4.78 is 0.258. The fourth-order valence-electron chi connectivity index (χ4n) is 1.98. The molecule has 1 aromatic rings. The van der Waals surface area contributed by atoms with E-state index in [0.717, 1.165) is 24.3 Å². The predicted octanol–water partition coefficient (Wildman–Crippen LogP) is -0.175. The van der Waals surface area contributed by atoms with Crippen molar-refractivity contribution < 1.29 is 9.59 Å². The van der Waals surface area contributed by atoms with Gasteiger partial charge in [0.15, 0.2) is 0 Å². The van der Waals surface area contributed by atoms with E-state index < -0.39 is 0 Å². The zero-order valence-corrected chi connectivity index (χ0v) is 11.8. The second-order valence-corrected chi connectivity index (χ2v) is 5.81. The topological polar surface area (TPSA) is 92.4 Å². The lowest BCUT2D eigenvalue weighted by Gasteiger charge is -2.20. The van der Waals surface area contributed by atoms with Gasteiger partial charge in [-0.05, 0) is 18.0 Å². The first-order valence-electron chi connectivity index (χ1n) is 5.85. The maximum Gasteiger partial charge on any atom is 0.284 e. The molecule has 0 aliphatic carbocycles. The van der Waals surface area contributed by atoms with Gasteiger partial charge in [-0.3, -0.25) is 14.5 Å². The number of primary amides is 1. The third-order valence-corrected chi connectivity index (χ3v) is 3.85. The number of hydrogen-bond donors (Lipinski definition) is 1. The number of amides is 2. The molecule has 1 fully saturated rings. The zero-order valence-electron chi connectivity index (χ0n) is 10.2. The van der Waals surface area contributed by atoms with Gasteiger partial charge in [0.05, 0.1) is 6.54 Å². The molecule has 0 saturated carbocycles. The van der Waals surface area contributed by atoms with Crippen LogP contribution in [0.2, 0.25) is 4.47 Å². The van der Waals surface area contributed by atoms with Gasteiger partial charge in [-0.15, -0.1) is 10.2 Å². The van der Waals surface area contributed by atoms with Crippen molar-refractivity contribution in [2.75, 3.05) is 32.7 Å². The lowest BCUT2D eigenvalue weighted by molar-refractivity contribution is -0.119. The van der Waals surface area contributed by atoms with E-state index in [1.165, 1.54) is 0 Å². The van der Waals surface area contributed by atoms with Crippen LogP contribution in [0.3, 0.4) is 0 Å². The maximum atomic E-state index is 12.2. The molecule has 1 saturated heterocycles. The molecule has 1 aromatic heterocycles. The average Bonchev–Trinajstić information content (AvgIpc) is 2.65. The van der Waals surface area contributed by atoms with Gasteiger partial charge in [-0.1, -0.05) is 11.3 Å². The Kier molecular flexibility index (Phi) is 4.67. The molecular weight excluding hydrogens is 290 g/mol. The van der Waals surface area contributed by atoms with Crippen molar-refractivity contribution in [3.8, 4) is 0 Å². The van der Waals surface area contributed by atoms with E-state index in [4.69, 9.17) is 17.3 Å². The minimum atomic E-state index is -0.351. The number of carbonyl (C=O) groups excluding carboxylic acids is 2. The summed E-state index contributed by atoms with van der Waals surface area (Å²) in [5.74, 6) is -0.513. The van der Waals surface area contributed by atoms with E-state index in [-0.39, 0.29) is 22.8 Å². The summed E-state index contributed by atoms with van der Waals surface area (Å²) in [6, 6.07) is 0. The molecule has 2 heterocycles. The monoisotopic (exact) mass is 303 g/mol. The second-order valence-electron chi connectivity index (χ2n) is 4.25. The van der Waals surface area contributed by atoms with Crippen molar-refractivity contribution in [1.82, 2.24) is 20.0 Å². The highest BCUT2D eigenvalue weighted by Crippen LogP contribution is 2.17. The van der Waals surface area contributed by atoms with Crippen LogP contribution in [0, 0.1) is 0 Å². The number of carbonyl (C=O) groups is 2. The van der Waals surface area contributed by atoms with Crippen molar-refractivity contribution >= 4 is 34.8 Å². The minimum Gasteiger partial charge on any atom is -0.369 e. The highest BCUT2D eigenvalue weighted by molar-refractivity contribution is 7.17. The Morgan fingerprint density at radius 3 is 2.68 bits per heavy atom. The lowest BCUT2D eigenvalue weighted by atomic mass is 10.3. The van der Waals surface area contributed by atoms with Gasteiger partial charge in [-0.2, -0.15) is 0 Å². The van der Waals surface area contributed by atoms with Crippen LogP contribution in [0.15, 0.2) is 0 Å². The SMILES string of the molecule is NC(=O)CN1CCCN(C(=O)c2nnc(Cl)s2)CC1. The van der Waals surface area contributed by atoms with E-state index in [9.17, 15) is 9.59 Å². The normalized spacial score (nSPS) is 17.2. The quantitative estimate of drug-likeness (QED) is 0.836. The molecule has 0 unspecified atom stereocenters. The summed E-state index contributed by atoms with van der Waals surface area (Å²) in [5.41, 5.74) is 5.17. The fraction of sp³-hybridized carbons (Fsp3) is 0.600. The summed E-state index contributed by atoms with van der Waals surface area (Å²) in [6.45, 7) is 2.78. The predicted molar refractivity (Wildman–Crippen MR) is 71.1 cm³/mol. The molecule has 2 N–H and O–H groups in total. The van der Waals surface area contributed by atoms with Crippen molar-refractivity contribution in [1.29, 1.82) is 0 Å². The van der Waals surface area contributed by atoms with E-state index in [2.05, 4.69) is 10.2 Å². The first-order valence-corrected chi connectivity index (χ1v) is 7.04. The van der Waals surface area contributed by atoms with Gasteiger partial charge in [0, 0.05) is 26.2 Å². The number of rotatable bonds is 3. The van der Waals surface area contributed by atoms with Crippen LogP contribution in [-0.4, -0.2) is 64.5 Å². The molecule has 7 nitrogen and oxygen atoms in total. The van der Waals surface area contributed by atoms with E-state index >= 15 is 0 Å². The van der Waals surface area contributed by atoms with Gasteiger partial charge < -0.3 is 10.6 Å². The largest absolute Gasteiger partial charge is 0.369 e. The van der Waals surface area contributed by atoms with Crippen LogP contribution in [-0.2, 0) is 4.79 Å². The Bertz CT molecular complexity index is 480. The van der Waals surface area contributed by atoms with Crippen LogP contribution < -0.4 is 5.73 Å². The second kappa shape index (κ2) is 6.27. The van der Waals surface area contributed by atoms with Gasteiger partial charge in [0.25, 0.3) is 5.91 Å².